The van der Waals surface area contributed by atoms with Crippen LogP contribution in [0.1, 0.15) is 42.3 Å². The molecule has 0 saturated carbocycles. The third kappa shape index (κ3) is 4.16. The van der Waals surface area contributed by atoms with E-state index in [0.29, 0.717) is 31.7 Å². The lowest BCUT2D eigenvalue weighted by Gasteiger charge is -2.36. The maximum Gasteiger partial charge on any atom is 0.269 e. The van der Waals surface area contributed by atoms with Crippen LogP contribution in [0.2, 0.25) is 0 Å². The zero-order valence-electron chi connectivity index (χ0n) is 16.9. The fourth-order valence-corrected chi connectivity index (χ4v) is 3.55. The number of rotatable bonds is 3. The molecule has 1 amide bonds. The first-order valence-electron chi connectivity index (χ1n) is 9.56. The standard InChI is InChI=1S/C22H27N3O3/c1-16-15-19(25(27)28)9-10-20(16)23-11-13-24(14-12-23)21(26)17-5-7-18(8-6-17)22(2,3)4/h5-10,15H,11-14H2,1-4H3. The highest BCUT2D eigenvalue weighted by atomic mass is 16.6. The molecule has 1 heterocycles. The van der Waals surface area contributed by atoms with Crippen LogP contribution in [0.3, 0.4) is 0 Å². The SMILES string of the molecule is Cc1cc([N+](=O)[O-])ccc1N1CCN(C(=O)c2ccc(C(C)(C)C)cc2)CC1. The first-order valence-corrected chi connectivity index (χ1v) is 9.56. The van der Waals surface area contributed by atoms with Gasteiger partial charge in [-0.15, -0.1) is 0 Å². The molecule has 3 rings (SSSR count). The molecule has 6 heteroatoms. The first kappa shape index (κ1) is 19.9. The number of hydrogen-bond acceptors (Lipinski definition) is 4. The van der Waals surface area contributed by atoms with Crippen LogP contribution in [-0.2, 0) is 5.41 Å². The fourth-order valence-electron chi connectivity index (χ4n) is 3.55. The third-order valence-corrected chi connectivity index (χ3v) is 5.30. The number of piperazine rings is 1. The summed E-state index contributed by atoms with van der Waals surface area (Å²) in [5.74, 6) is 0.0560. The number of carbonyl (C=O) groups excluding carboxylic acids is 1. The molecule has 0 N–H and O–H groups in total. The highest BCUT2D eigenvalue weighted by Crippen LogP contribution is 2.26. The average molecular weight is 381 g/mol. The number of benzene rings is 2. The summed E-state index contributed by atoms with van der Waals surface area (Å²) in [6.07, 6.45) is 0. The predicted octanol–water partition coefficient (Wildman–Crippen LogP) is 4.16. The number of carbonyl (C=O) groups is 1. The number of amides is 1. The van der Waals surface area contributed by atoms with E-state index >= 15 is 0 Å². The molecule has 0 aromatic heterocycles. The first-order chi connectivity index (χ1) is 13.2. The lowest BCUT2D eigenvalue weighted by molar-refractivity contribution is -0.384. The van der Waals surface area contributed by atoms with Gasteiger partial charge in [-0.25, -0.2) is 0 Å². The van der Waals surface area contributed by atoms with Crippen molar-refractivity contribution in [1.29, 1.82) is 0 Å². The summed E-state index contributed by atoms with van der Waals surface area (Å²) >= 11 is 0. The van der Waals surface area contributed by atoms with E-state index in [4.69, 9.17) is 0 Å². The number of hydrogen-bond donors (Lipinski definition) is 0. The maximum absolute atomic E-state index is 12.8. The number of nitro groups is 1. The van der Waals surface area contributed by atoms with Crippen molar-refractivity contribution < 1.29 is 9.72 Å². The van der Waals surface area contributed by atoms with Crippen LogP contribution in [0.4, 0.5) is 11.4 Å². The molecule has 2 aromatic carbocycles. The molecule has 28 heavy (non-hydrogen) atoms. The summed E-state index contributed by atoms with van der Waals surface area (Å²) in [4.78, 5) is 27.4. The van der Waals surface area contributed by atoms with E-state index in [-0.39, 0.29) is 21.9 Å². The van der Waals surface area contributed by atoms with Crippen LogP contribution in [-0.4, -0.2) is 41.9 Å². The van der Waals surface area contributed by atoms with Crippen molar-refractivity contribution in [3.63, 3.8) is 0 Å². The van der Waals surface area contributed by atoms with Crippen LogP contribution in [0.15, 0.2) is 42.5 Å². The maximum atomic E-state index is 12.8. The minimum absolute atomic E-state index is 0.0560. The van der Waals surface area contributed by atoms with Gasteiger partial charge in [0.05, 0.1) is 4.92 Å². The van der Waals surface area contributed by atoms with E-state index in [9.17, 15) is 14.9 Å². The Balaban J connectivity index is 1.65. The molecule has 0 atom stereocenters. The lowest BCUT2D eigenvalue weighted by atomic mass is 9.86. The van der Waals surface area contributed by atoms with Gasteiger partial charge in [0.1, 0.15) is 0 Å². The van der Waals surface area contributed by atoms with E-state index in [1.807, 2.05) is 36.1 Å². The van der Waals surface area contributed by atoms with Crippen molar-refractivity contribution in [3.05, 3.63) is 69.3 Å². The van der Waals surface area contributed by atoms with Crippen LogP contribution in [0.5, 0.6) is 0 Å². The molecular weight excluding hydrogens is 354 g/mol. The minimum atomic E-state index is -0.377. The predicted molar refractivity (Wildman–Crippen MR) is 111 cm³/mol. The Labute approximate surface area is 165 Å². The van der Waals surface area contributed by atoms with Gasteiger partial charge in [-0.2, -0.15) is 0 Å². The molecule has 0 aliphatic carbocycles. The zero-order valence-corrected chi connectivity index (χ0v) is 16.9. The lowest BCUT2D eigenvalue weighted by Crippen LogP contribution is -2.49. The van der Waals surface area contributed by atoms with Gasteiger partial charge in [0.25, 0.3) is 11.6 Å². The van der Waals surface area contributed by atoms with Crippen LogP contribution < -0.4 is 4.90 Å². The van der Waals surface area contributed by atoms with Gasteiger partial charge in [0, 0.05) is 49.6 Å². The fraction of sp³-hybridized carbons (Fsp3) is 0.409. The van der Waals surface area contributed by atoms with E-state index in [1.165, 1.54) is 11.6 Å². The van der Waals surface area contributed by atoms with Gasteiger partial charge in [-0.3, -0.25) is 14.9 Å². The van der Waals surface area contributed by atoms with Crippen molar-refractivity contribution >= 4 is 17.3 Å². The Kier molecular flexibility index (Phi) is 5.40. The zero-order chi connectivity index (χ0) is 20.5. The summed E-state index contributed by atoms with van der Waals surface area (Å²) in [5.41, 5.74) is 3.97. The van der Waals surface area contributed by atoms with E-state index in [1.54, 1.807) is 12.1 Å². The summed E-state index contributed by atoms with van der Waals surface area (Å²) < 4.78 is 0. The van der Waals surface area contributed by atoms with Crippen LogP contribution in [0, 0.1) is 17.0 Å². The van der Waals surface area contributed by atoms with Crippen LogP contribution >= 0.6 is 0 Å². The van der Waals surface area contributed by atoms with Gasteiger partial charge < -0.3 is 9.80 Å². The van der Waals surface area contributed by atoms with Crippen molar-refractivity contribution in [3.8, 4) is 0 Å². The molecule has 1 aliphatic rings. The molecule has 0 bridgehead atoms. The van der Waals surface area contributed by atoms with Crippen LogP contribution in [0.25, 0.3) is 0 Å². The highest BCUT2D eigenvalue weighted by Gasteiger charge is 2.24. The molecule has 1 aliphatic heterocycles. The topological polar surface area (TPSA) is 66.7 Å². The molecule has 0 spiro atoms. The summed E-state index contributed by atoms with van der Waals surface area (Å²) in [6, 6.07) is 12.8. The second-order valence-electron chi connectivity index (χ2n) is 8.33. The summed E-state index contributed by atoms with van der Waals surface area (Å²) in [6.45, 7) is 11.0. The van der Waals surface area contributed by atoms with Crippen molar-refractivity contribution in [2.45, 2.75) is 33.1 Å². The number of non-ortho nitro benzene ring substituents is 1. The Morgan fingerprint density at radius 3 is 2.11 bits per heavy atom. The van der Waals surface area contributed by atoms with Gasteiger partial charge >= 0.3 is 0 Å². The number of aryl methyl sites for hydroxylation is 1. The molecule has 148 valence electrons. The quantitative estimate of drug-likeness (QED) is 0.591. The minimum Gasteiger partial charge on any atom is -0.368 e. The smallest absolute Gasteiger partial charge is 0.269 e. The normalized spacial score (nSPS) is 14.9. The van der Waals surface area contributed by atoms with Crippen molar-refractivity contribution in [2.75, 3.05) is 31.1 Å². The van der Waals surface area contributed by atoms with Gasteiger partial charge in [0.2, 0.25) is 0 Å². The Morgan fingerprint density at radius 1 is 1.00 bits per heavy atom. The van der Waals surface area contributed by atoms with Gasteiger partial charge in [-0.05, 0) is 41.7 Å². The number of nitro benzene ring substituents is 1. The Hall–Kier alpha value is -2.89. The Morgan fingerprint density at radius 2 is 1.61 bits per heavy atom. The highest BCUT2D eigenvalue weighted by molar-refractivity contribution is 5.94. The van der Waals surface area contributed by atoms with E-state index in [0.717, 1.165) is 11.3 Å². The van der Waals surface area contributed by atoms with E-state index < -0.39 is 0 Å². The molecular formula is C22H27N3O3. The monoisotopic (exact) mass is 381 g/mol. The Bertz CT molecular complexity index is 877. The van der Waals surface area contributed by atoms with Crippen molar-refractivity contribution in [1.82, 2.24) is 4.90 Å². The number of anilines is 1. The van der Waals surface area contributed by atoms with Gasteiger partial charge in [0.15, 0.2) is 0 Å². The molecule has 0 radical (unpaired) electrons. The largest absolute Gasteiger partial charge is 0.368 e. The van der Waals surface area contributed by atoms with Crippen molar-refractivity contribution in [2.24, 2.45) is 0 Å². The number of nitrogens with zero attached hydrogens (tertiary/aromatic N) is 3. The summed E-state index contributed by atoms with van der Waals surface area (Å²) in [5, 5.41) is 10.9. The third-order valence-electron chi connectivity index (χ3n) is 5.30. The van der Waals surface area contributed by atoms with Gasteiger partial charge in [-0.1, -0.05) is 32.9 Å². The van der Waals surface area contributed by atoms with E-state index in [2.05, 4.69) is 25.7 Å². The molecule has 1 saturated heterocycles. The molecule has 2 aromatic rings. The molecule has 6 nitrogen and oxygen atoms in total. The second kappa shape index (κ2) is 7.62. The summed E-state index contributed by atoms with van der Waals surface area (Å²) in [7, 11) is 0. The molecule has 1 fully saturated rings. The second-order valence-corrected chi connectivity index (χ2v) is 8.33. The average Bonchev–Trinajstić information content (AvgIpc) is 2.67. The molecule has 0 unspecified atom stereocenters.